The molecule has 0 saturated carbocycles. The molecule has 0 aliphatic heterocycles. The summed E-state index contributed by atoms with van der Waals surface area (Å²) in [4.78, 5) is 0. The Bertz CT molecular complexity index is 770. The Labute approximate surface area is 605 Å². The van der Waals surface area contributed by atoms with Crippen LogP contribution in [0.1, 0.15) is 47.2 Å². The fourth-order valence-electron chi connectivity index (χ4n) is 2.66. The van der Waals surface area contributed by atoms with Crippen molar-refractivity contribution in [3.8, 4) is 0 Å². The van der Waals surface area contributed by atoms with Crippen LogP contribution in [0.4, 0.5) is 0 Å². The average molecular weight is 1580 g/mol. The number of hydrogen-bond acceptors (Lipinski definition) is 0. The normalized spacial score (nSPS) is 5.73. The average Bonchev–Trinajstić information content (AvgIpc) is 2.65. The first-order valence-corrected chi connectivity index (χ1v) is 9.29. The maximum absolute atomic E-state index is 2.23. The fourth-order valence-corrected chi connectivity index (χ4v) is 2.66. The van der Waals surface area contributed by atoms with E-state index in [1.807, 2.05) is 0 Å². The summed E-state index contributed by atoms with van der Waals surface area (Å²) in [5, 5.41) is 0. The van der Waals surface area contributed by atoms with E-state index in [4.69, 9.17) is 0 Å². The van der Waals surface area contributed by atoms with Crippen molar-refractivity contribution >= 4 is 0 Å². The van der Waals surface area contributed by atoms with E-state index in [-0.39, 0.29) is 470 Å². The molecule has 0 saturated heterocycles. The molecule has 44 heavy (non-hydrogen) atoms. The van der Waals surface area contributed by atoms with Gasteiger partial charge in [0, 0.05) is 425 Å². The minimum Gasteiger partial charge on any atom is -0.358 e. The molecule has 3 rings (SSSR count). The molecular formula is C31H48Y13-6. The maximum Gasteiger partial charge on any atom is 0 e. The van der Waals surface area contributed by atoms with Gasteiger partial charge in [-0.3, -0.25) is 0 Å². The van der Waals surface area contributed by atoms with Gasteiger partial charge in [0.15, 0.2) is 0 Å². The molecule has 0 aliphatic rings. The molecule has 0 unspecified atom stereocenters. The minimum absolute atomic E-state index is 0. The van der Waals surface area contributed by atoms with E-state index >= 15 is 0 Å². The van der Waals surface area contributed by atoms with Crippen molar-refractivity contribution < 1.29 is 425 Å². The van der Waals surface area contributed by atoms with Crippen molar-refractivity contribution in [2.75, 3.05) is 0 Å². The Morgan fingerprint density at radius 3 is 0.659 bits per heavy atom. The van der Waals surface area contributed by atoms with Gasteiger partial charge in [0.2, 0.25) is 0 Å². The summed E-state index contributed by atoms with van der Waals surface area (Å²) < 4.78 is 0. The molecule has 0 amide bonds. The van der Waals surface area contributed by atoms with E-state index < -0.39 is 0 Å². The monoisotopic (exact) mass is 1580 g/mol. The van der Waals surface area contributed by atoms with E-state index in [1.165, 1.54) is 33.4 Å². The first-order chi connectivity index (χ1) is 12.1. The zero-order valence-corrected chi connectivity index (χ0v) is 66.5. The van der Waals surface area contributed by atoms with Gasteiger partial charge in [-0.2, -0.15) is 0 Å². The first kappa shape index (κ1) is 117. The van der Waals surface area contributed by atoms with Crippen LogP contribution in [0.2, 0.25) is 0 Å². The van der Waals surface area contributed by atoms with Crippen molar-refractivity contribution in [3.63, 3.8) is 0 Å². The van der Waals surface area contributed by atoms with Gasteiger partial charge in [-0.1, -0.05) is 97.8 Å². The van der Waals surface area contributed by atoms with Crippen molar-refractivity contribution in [1.82, 2.24) is 0 Å². The Balaban J connectivity index is -0.0000000140. The SMILES string of the molecule is CCc1ccc(C)cc1.CCc1ccc(Cc2ccc(C)cc2)cc1.[CH3-].[CH3-].[CH3-].[CH3-].[CH3-].[CH3-].[Y].[Y].[Y].[Y].[Y].[Y].[Y].[Y].[Y].[Y].[Y].[Y].[Y]. The first-order valence-electron chi connectivity index (χ1n) is 9.29. The Morgan fingerprint density at radius 2 is 0.455 bits per heavy atom. The molecule has 0 aliphatic carbocycles. The smallest absolute Gasteiger partial charge is 0 e. The molecular weight excluding hydrogens is 1530 g/mol. The second-order valence-corrected chi connectivity index (χ2v) is 6.67. The molecule has 3 aromatic carbocycles. The van der Waals surface area contributed by atoms with Crippen LogP contribution in [-0.4, -0.2) is 0 Å². The summed E-state index contributed by atoms with van der Waals surface area (Å²) in [6, 6.07) is 26.4. The number of rotatable bonds is 4. The molecule has 0 nitrogen and oxygen atoms in total. The molecule has 13 heteroatoms. The fraction of sp³-hybridized carbons (Fsp3) is 0.226. The van der Waals surface area contributed by atoms with Crippen LogP contribution in [0.5, 0.6) is 0 Å². The van der Waals surface area contributed by atoms with Crippen molar-refractivity contribution in [2.45, 2.75) is 47.0 Å². The molecule has 0 spiro atoms. The quantitative estimate of drug-likeness (QED) is 0.229. The zero-order valence-electron chi connectivity index (χ0n) is 29.6. The van der Waals surface area contributed by atoms with Crippen LogP contribution in [0, 0.1) is 58.4 Å². The van der Waals surface area contributed by atoms with E-state index in [0.29, 0.717) is 0 Å². The largest absolute Gasteiger partial charge is 0.358 e. The van der Waals surface area contributed by atoms with Crippen LogP contribution < -0.4 is 0 Å². The van der Waals surface area contributed by atoms with Crippen LogP contribution in [0.3, 0.4) is 0 Å². The Hall–Kier alpha value is 12.0. The third-order valence-corrected chi connectivity index (χ3v) is 4.49. The van der Waals surface area contributed by atoms with Gasteiger partial charge >= 0.3 is 0 Å². The molecule has 0 atom stereocenters. The minimum atomic E-state index is 0. The Kier molecular flexibility index (Phi) is 211. The molecule has 13 radical (unpaired) electrons. The van der Waals surface area contributed by atoms with Gasteiger partial charge in [0.05, 0.1) is 0 Å². The standard InChI is InChI=1S/C16H18.C9H12.6CH3.13Y/c1-3-14-8-10-16(11-9-14)12-15-6-4-13(2)5-7-15;1-3-9-6-4-8(2)5-7-9;;;;;;;;;;;;;;;;;;;/h4-11H,3,12H2,1-2H3;4-7H,3H2,1-2H3;6*1H3;;;;;;;;;;;;;/q;;6*-1;;;;;;;;;;;;;. The van der Waals surface area contributed by atoms with E-state index in [1.54, 1.807) is 0 Å². The van der Waals surface area contributed by atoms with Gasteiger partial charge in [-0.25, -0.2) is 0 Å². The third-order valence-electron chi connectivity index (χ3n) is 4.49. The maximum atomic E-state index is 2.23. The van der Waals surface area contributed by atoms with Gasteiger partial charge in [-0.15, -0.1) is 0 Å². The molecule has 3 aromatic rings. The summed E-state index contributed by atoms with van der Waals surface area (Å²) in [6.45, 7) is 8.60. The molecule has 0 fully saturated rings. The Morgan fingerprint density at radius 1 is 0.295 bits per heavy atom. The molecule has 0 bridgehead atoms. The summed E-state index contributed by atoms with van der Waals surface area (Å²) in [6.07, 6.45) is 3.29. The number of benzene rings is 3. The van der Waals surface area contributed by atoms with Crippen LogP contribution >= 0.6 is 0 Å². The second kappa shape index (κ2) is 79.2. The predicted molar refractivity (Wildman–Crippen MR) is 149 cm³/mol. The third kappa shape index (κ3) is 60.7. The molecule has 0 N–H and O–H groups in total. The summed E-state index contributed by atoms with van der Waals surface area (Å²) in [5.41, 5.74) is 8.27. The summed E-state index contributed by atoms with van der Waals surface area (Å²) in [5.74, 6) is 0. The zero-order chi connectivity index (χ0) is 18.1. The topological polar surface area (TPSA) is 0 Å². The van der Waals surface area contributed by atoms with E-state index in [2.05, 4.69) is 100 Å². The molecule has 217 valence electrons. The van der Waals surface area contributed by atoms with Crippen molar-refractivity contribution in [1.29, 1.82) is 0 Å². The van der Waals surface area contributed by atoms with Crippen LogP contribution in [0.15, 0.2) is 72.8 Å². The number of hydrogen-bond donors (Lipinski definition) is 0. The second-order valence-electron chi connectivity index (χ2n) is 6.67. The van der Waals surface area contributed by atoms with Gasteiger partial charge < -0.3 is 44.6 Å². The predicted octanol–water partition coefficient (Wildman–Crippen LogP) is 9.37. The number of aryl methyl sites for hydroxylation is 4. The molecule has 0 heterocycles. The van der Waals surface area contributed by atoms with Gasteiger partial charge in [0.25, 0.3) is 0 Å². The van der Waals surface area contributed by atoms with Crippen molar-refractivity contribution in [2.24, 2.45) is 0 Å². The van der Waals surface area contributed by atoms with Gasteiger partial charge in [-0.05, 0) is 55.4 Å². The van der Waals surface area contributed by atoms with Crippen LogP contribution in [-0.2, 0) is 444 Å². The summed E-state index contributed by atoms with van der Waals surface area (Å²) in [7, 11) is 0. The van der Waals surface area contributed by atoms with Gasteiger partial charge in [0.1, 0.15) is 0 Å². The summed E-state index contributed by atoms with van der Waals surface area (Å²) >= 11 is 0. The van der Waals surface area contributed by atoms with E-state index in [9.17, 15) is 0 Å². The van der Waals surface area contributed by atoms with Crippen LogP contribution in [0.25, 0.3) is 0 Å². The van der Waals surface area contributed by atoms with E-state index in [0.717, 1.165) is 19.3 Å². The van der Waals surface area contributed by atoms with Crippen molar-refractivity contribution in [3.05, 3.63) is 151 Å². The molecule has 0 aromatic heterocycles.